The Bertz CT molecular complexity index is 618. The van der Waals surface area contributed by atoms with E-state index in [-0.39, 0.29) is 10.8 Å². The van der Waals surface area contributed by atoms with E-state index in [4.69, 9.17) is 9.47 Å². The molecule has 2 aliphatic heterocycles. The van der Waals surface area contributed by atoms with Crippen molar-refractivity contribution in [2.45, 2.75) is 32.4 Å². The minimum Gasteiger partial charge on any atom is -0.381 e. The highest BCUT2D eigenvalue weighted by Crippen LogP contribution is 2.21. The molecule has 2 fully saturated rings. The van der Waals surface area contributed by atoms with Crippen molar-refractivity contribution in [2.75, 3.05) is 46.1 Å². The van der Waals surface area contributed by atoms with Crippen LogP contribution < -0.4 is 10.2 Å². The molecule has 1 N–H and O–H groups in total. The van der Waals surface area contributed by atoms with E-state index in [1.54, 1.807) is 4.57 Å². The average Bonchev–Trinajstić information content (AvgIpc) is 3.25. The summed E-state index contributed by atoms with van der Waals surface area (Å²) in [5.74, 6) is 0.454. The standard InChI is InChI=1S/C17H27N3O4S/c1-13-12-25-17(22)20(13)4-2-16(21)18-10-15(14-3-7-24-11-14)19-5-8-23-9-6-19/h12,14-15H,2-11H2,1H3,(H,18,21). The second-order valence-corrected chi connectivity index (χ2v) is 7.51. The summed E-state index contributed by atoms with van der Waals surface area (Å²) in [5.41, 5.74) is 0.914. The summed E-state index contributed by atoms with van der Waals surface area (Å²) >= 11 is 1.18. The molecular formula is C17H27N3O4S. The maximum atomic E-state index is 12.3. The van der Waals surface area contributed by atoms with E-state index >= 15 is 0 Å². The number of hydrogen-bond donors (Lipinski definition) is 1. The van der Waals surface area contributed by atoms with Gasteiger partial charge in [0, 0.05) is 62.2 Å². The highest BCUT2D eigenvalue weighted by atomic mass is 32.1. The number of carbonyl (C=O) groups excluding carboxylic acids is 1. The summed E-state index contributed by atoms with van der Waals surface area (Å²) in [6.45, 7) is 7.84. The first-order chi connectivity index (χ1) is 12.1. The molecule has 2 saturated heterocycles. The molecule has 0 saturated carbocycles. The van der Waals surface area contributed by atoms with Gasteiger partial charge in [-0.1, -0.05) is 11.3 Å². The van der Waals surface area contributed by atoms with E-state index in [0.717, 1.165) is 51.6 Å². The van der Waals surface area contributed by atoms with Gasteiger partial charge in [-0.15, -0.1) is 0 Å². The van der Waals surface area contributed by atoms with Crippen molar-refractivity contribution in [2.24, 2.45) is 5.92 Å². The Kier molecular flexibility index (Phi) is 6.63. The van der Waals surface area contributed by atoms with Crippen LogP contribution in [0, 0.1) is 12.8 Å². The molecule has 3 heterocycles. The first-order valence-corrected chi connectivity index (χ1v) is 9.84. The smallest absolute Gasteiger partial charge is 0.307 e. The van der Waals surface area contributed by atoms with Crippen molar-refractivity contribution in [3.63, 3.8) is 0 Å². The minimum atomic E-state index is -0.00493. The normalized spacial score (nSPS) is 22.8. The molecule has 1 aromatic rings. The van der Waals surface area contributed by atoms with Crippen LogP contribution in [0.1, 0.15) is 18.5 Å². The third kappa shape index (κ3) is 4.91. The van der Waals surface area contributed by atoms with Gasteiger partial charge >= 0.3 is 4.87 Å². The predicted octanol–water partition coefficient (Wildman–Crippen LogP) is 0.462. The van der Waals surface area contributed by atoms with Gasteiger partial charge in [-0.25, -0.2) is 0 Å². The van der Waals surface area contributed by atoms with Crippen molar-refractivity contribution >= 4 is 17.2 Å². The molecule has 0 aliphatic carbocycles. The van der Waals surface area contributed by atoms with E-state index in [2.05, 4.69) is 10.2 Å². The fourth-order valence-electron chi connectivity index (χ4n) is 3.55. The minimum absolute atomic E-state index is 0.000373. The van der Waals surface area contributed by atoms with Crippen LogP contribution in [0.3, 0.4) is 0 Å². The fourth-order valence-corrected chi connectivity index (χ4v) is 4.32. The van der Waals surface area contributed by atoms with Crippen LogP contribution in [-0.2, 0) is 20.8 Å². The van der Waals surface area contributed by atoms with Gasteiger partial charge in [-0.2, -0.15) is 0 Å². The molecule has 0 aromatic carbocycles. The number of nitrogens with one attached hydrogen (secondary N) is 1. The van der Waals surface area contributed by atoms with Crippen molar-refractivity contribution in [3.05, 3.63) is 20.7 Å². The van der Waals surface area contributed by atoms with Gasteiger partial charge in [0.05, 0.1) is 19.8 Å². The summed E-state index contributed by atoms with van der Waals surface area (Å²) in [7, 11) is 0. The lowest BCUT2D eigenvalue weighted by molar-refractivity contribution is -0.121. The number of hydrogen-bond acceptors (Lipinski definition) is 6. The van der Waals surface area contributed by atoms with Crippen LogP contribution in [0.4, 0.5) is 0 Å². The monoisotopic (exact) mass is 369 g/mol. The molecule has 3 rings (SSSR count). The number of aryl methyl sites for hydroxylation is 1. The largest absolute Gasteiger partial charge is 0.381 e. The van der Waals surface area contributed by atoms with Gasteiger partial charge in [0.1, 0.15) is 0 Å². The maximum absolute atomic E-state index is 12.3. The van der Waals surface area contributed by atoms with Gasteiger partial charge in [0.25, 0.3) is 0 Å². The van der Waals surface area contributed by atoms with Crippen molar-refractivity contribution < 1.29 is 14.3 Å². The predicted molar refractivity (Wildman–Crippen MR) is 96.0 cm³/mol. The van der Waals surface area contributed by atoms with Crippen molar-refractivity contribution in [1.29, 1.82) is 0 Å². The van der Waals surface area contributed by atoms with Gasteiger partial charge in [0.15, 0.2) is 0 Å². The highest BCUT2D eigenvalue weighted by Gasteiger charge is 2.31. The maximum Gasteiger partial charge on any atom is 0.307 e. The Hall–Kier alpha value is -1.22. The topological polar surface area (TPSA) is 72.8 Å². The van der Waals surface area contributed by atoms with Crippen LogP contribution in [-0.4, -0.2) is 67.5 Å². The van der Waals surface area contributed by atoms with E-state index in [1.165, 1.54) is 11.3 Å². The third-order valence-electron chi connectivity index (χ3n) is 5.07. The molecule has 140 valence electrons. The van der Waals surface area contributed by atoms with Crippen LogP contribution in [0.5, 0.6) is 0 Å². The SMILES string of the molecule is Cc1csc(=O)n1CCC(=O)NCC(C1CCOC1)N1CCOCC1. The first kappa shape index (κ1) is 18.6. The molecule has 2 aliphatic rings. The zero-order valence-corrected chi connectivity index (χ0v) is 15.6. The summed E-state index contributed by atoms with van der Waals surface area (Å²) in [5, 5.41) is 4.90. The quantitative estimate of drug-likeness (QED) is 0.756. The molecule has 25 heavy (non-hydrogen) atoms. The van der Waals surface area contributed by atoms with Gasteiger partial charge in [0.2, 0.25) is 5.91 Å². The summed E-state index contributed by atoms with van der Waals surface area (Å²) < 4.78 is 12.7. The van der Waals surface area contributed by atoms with E-state index in [9.17, 15) is 9.59 Å². The third-order valence-corrected chi connectivity index (χ3v) is 5.95. The molecule has 2 atom stereocenters. The number of amides is 1. The number of ether oxygens (including phenoxy) is 2. The lowest BCUT2D eigenvalue weighted by Gasteiger charge is -2.37. The van der Waals surface area contributed by atoms with Crippen molar-refractivity contribution in [1.82, 2.24) is 14.8 Å². The number of nitrogens with zero attached hydrogens (tertiary/aromatic N) is 2. The summed E-state index contributed by atoms with van der Waals surface area (Å²) in [6.07, 6.45) is 1.37. The average molecular weight is 369 g/mol. The molecule has 7 nitrogen and oxygen atoms in total. The Labute approximate surface area is 151 Å². The van der Waals surface area contributed by atoms with Gasteiger partial charge in [-0.05, 0) is 13.3 Å². The lowest BCUT2D eigenvalue weighted by atomic mass is 9.97. The molecule has 8 heteroatoms. The number of carbonyl (C=O) groups is 1. The Morgan fingerprint density at radius 3 is 2.80 bits per heavy atom. The van der Waals surface area contributed by atoms with Crippen LogP contribution in [0.15, 0.2) is 10.2 Å². The zero-order valence-electron chi connectivity index (χ0n) is 14.7. The second-order valence-electron chi connectivity index (χ2n) is 6.69. The van der Waals surface area contributed by atoms with E-state index in [1.807, 2.05) is 12.3 Å². The van der Waals surface area contributed by atoms with Crippen LogP contribution >= 0.6 is 11.3 Å². The second kappa shape index (κ2) is 8.93. The molecule has 0 radical (unpaired) electrons. The lowest BCUT2D eigenvalue weighted by Crippen LogP contribution is -2.52. The Morgan fingerprint density at radius 1 is 1.36 bits per heavy atom. The number of thiazole rings is 1. The van der Waals surface area contributed by atoms with E-state index in [0.29, 0.717) is 31.5 Å². The number of aromatic nitrogens is 1. The van der Waals surface area contributed by atoms with Crippen LogP contribution in [0.25, 0.3) is 0 Å². The van der Waals surface area contributed by atoms with Crippen molar-refractivity contribution in [3.8, 4) is 0 Å². The van der Waals surface area contributed by atoms with E-state index < -0.39 is 0 Å². The molecule has 1 amide bonds. The first-order valence-electron chi connectivity index (χ1n) is 8.96. The van der Waals surface area contributed by atoms with Gasteiger partial charge < -0.3 is 19.4 Å². The number of rotatable bonds is 7. The molecular weight excluding hydrogens is 342 g/mol. The highest BCUT2D eigenvalue weighted by molar-refractivity contribution is 7.07. The summed E-state index contributed by atoms with van der Waals surface area (Å²) in [4.78, 5) is 26.4. The molecule has 1 aromatic heterocycles. The molecule has 0 bridgehead atoms. The van der Waals surface area contributed by atoms with Gasteiger partial charge in [-0.3, -0.25) is 14.5 Å². The Morgan fingerprint density at radius 2 is 2.16 bits per heavy atom. The fraction of sp³-hybridized carbons (Fsp3) is 0.765. The zero-order chi connectivity index (χ0) is 17.6. The number of morpholine rings is 1. The molecule has 2 unspecified atom stereocenters. The summed E-state index contributed by atoms with van der Waals surface area (Å²) in [6, 6.07) is 0.293. The molecule has 0 spiro atoms. The Balaban J connectivity index is 1.51. The van der Waals surface area contributed by atoms with Crippen LogP contribution in [0.2, 0.25) is 0 Å².